The van der Waals surface area contributed by atoms with Crippen molar-refractivity contribution in [3.05, 3.63) is 83.7 Å². The average Bonchev–Trinajstić information content (AvgIpc) is 3.06. The fraction of sp³-hybridized carbons (Fsp3) is 0.182. The normalized spacial score (nSPS) is 11.0. The first-order chi connectivity index (χ1) is 13.2. The highest BCUT2D eigenvalue weighted by Gasteiger charge is 2.13. The maximum atomic E-state index is 5.33. The number of ether oxygens (including phenoxy) is 1. The Hall–Kier alpha value is -2.79. The van der Waals surface area contributed by atoms with E-state index < -0.39 is 0 Å². The zero-order chi connectivity index (χ0) is 18.6. The molecule has 0 spiro atoms. The zero-order valence-electron chi connectivity index (χ0n) is 15.4. The van der Waals surface area contributed by atoms with Gasteiger partial charge in [0.15, 0.2) is 5.16 Å². The van der Waals surface area contributed by atoms with Gasteiger partial charge in [0.25, 0.3) is 0 Å². The summed E-state index contributed by atoms with van der Waals surface area (Å²) < 4.78 is 7.59. The van der Waals surface area contributed by atoms with E-state index in [1.54, 1.807) is 25.1 Å². The van der Waals surface area contributed by atoms with Gasteiger partial charge in [-0.2, -0.15) is 0 Å². The molecular weight excluding hydrogens is 354 g/mol. The van der Waals surface area contributed by atoms with Gasteiger partial charge in [0, 0.05) is 11.9 Å². The molecule has 0 atom stereocenters. The number of thioether (sulfide) groups is 1. The molecular formula is C22H21N3OS. The zero-order valence-corrected chi connectivity index (χ0v) is 16.2. The minimum Gasteiger partial charge on any atom is -0.497 e. The Morgan fingerprint density at radius 2 is 1.96 bits per heavy atom. The standard InChI is InChI=1S/C22H21N3OS/c1-16-6-3-4-8-18(16)14-25-21-13-23-11-10-20(21)24-22(25)27-15-17-7-5-9-19(12-17)26-2/h3-13H,14-15H2,1-2H3. The van der Waals surface area contributed by atoms with Crippen LogP contribution in [-0.2, 0) is 12.3 Å². The summed E-state index contributed by atoms with van der Waals surface area (Å²) in [5.41, 5.74) is 5.84. The van der Waals surface area contributed by atoms with E-state index in [9.17, 15) is 0 Å². The quantitative estimate of drug-likeness (QED) is 0.440. The van der Waals surface area contributed by atoms with Crippen LogP contribution in [-0.4, -0.2) is 21.6 Å². The van der Waals surface area contributed by atoms with E-state index in [-0.39, 0.29) is 0 Å². The molecule has 0 saturated heterocycles. The number of aryl methyl sites for hydroxylation is 1. The molecule has 0 unspecified atom stereocenters. The Bertz CT molecular complexity index is 1070. The van der Waals surface area contributed by atoms with Crippen molar-refractivity contribution in [2.45, 2.75) is 24.4 Å². The lowest BCUT2D eigenvalue weighted by molar-refractivity contribution is 0.414. The molecule has 27 heavy (non-hydrogen) atoms. The summed E-state index contributed by atoms with van der Waals surface area (Å²) >= 11 is 1.74. The van der Waals surface area contributed by atoms with Crippen LogP contribution < -0.4 is 4.74 Å². The summed E-state index contributed by atoms with van der Waals surface area (Å²) in [6.07, 6.45) is 3.69. The molecule has 5 heteroatoms. The lowest BCUT2D eigenvalue weighted by Crippen LogP contribution is -2.03. The first-order valence-corrected chi connectivity index (χ1v) is 9.83. The molecule has 0 fully saturated rings. The van der Waals surface area contributed by atoms with Gasteiger partial charge < -0.3 is 9.30 Å². The minimum absolute atomic E-state index is 0.787. The van der Waals surface area contributed by atoms with Crippen molar-refractivity contribution in [1.82, 2.24) is 14.5 Å². The maximum absolute atomic E-state index is 5.33. The molecule has 2 aromatic heterocycles. The molecule has 0 N–H and O–H groups in total. The Morgan fingerprint density at radius 1 is 1.07 bits per heavy atom. The van der Waals surface area contributed by atoms with E-state index >= 15 is 0 Å². The van der Waals surface area contributed by atoms with Gasteiger partial charge in [-0.15, -0.1) is 0 Å². The molecule has 0 radical (unpaired) electrons. The molecule has 2 heterocycles. The van der Waals surface area contributed by atoms with Crippen LogP contribution in [0.5, 0.6) is 5.75 Å². The van der Waals surface area contributed by atoms with E-state index in [4.69, 9.17) is 9.72 Å². The van der Waals surface area contributed by atoms with Crippen LogP contribution in [0.15, 0.2) is 72.1 Å². The lowest BCUT2D eigenvalue weighted by atomic mass is 10.1. The smallest absolute Gasteiger partial charge is 0.169 e. The Balaban J connectivity index is 1.66. The molecule has 0 aliphatic carbocycles. The third kappa shape index (κ3) is 3.83. The minimum atomic E-state index is 0.787. The van der Waals surface area contributed by atoms with Crippen molar-refractivity contribution in [2.24, 2.45) is 0 Å². The van der Waals surface area contributed by atoms with Gasteiger partial charge >= 0.3 is 0 Å². The summed E-state index contributed by atoms with van der Waals surface area (Å²) in [5.74, 6) is 1.72. The molecule has 0 saturated carbocycles. The first kappa shape index (κ1) is 17.6. The average molecular weight is 375 g/mol. The molecule has 0 bridgehead atoms. The molecule has 4 rings (SSSR count). The van der Waals surface area contributed by atoms with Crippen molar-refractivity contribution in [2.75, 3.05) is 7.11 Å². The predicted octanol–water partition coefficient (Wildman–Crippen LogP) is 5.09. The topological polar surface area (TPSA) is 39.9 Å². The lowest BCUT2D eigenvalue weighted by Gasteiger charge is -2.11. The third-order valence-electron chi connectivity index (χ3n) is 4.61. The van der Waals surface area contributed by atoms with Gasteiger partial charge in [-0.05, 0) is 41.8 Å². The number of hydrogen-bond donors (Lipinski definition) is 0. The number of hydrogen-bond acceptors (Lipinski definition) is 4. The second-order valence-electron chi connectivity index (χ2n) is 6.41. The third-order valence-corrected chi connectivity index (χ3v) is 5.65. The van der Waals surface area contributed by atoms with Crippen LogP contribution >= 0.6 is 11.8 Å². The first-order valence-electron chi connectivity index (χ1n) is 8.85. The fourth-order valence-electron chi connectivity index (χ4n) is 3.08. The van der Waals surface area contributed by atoms with Gasteiger partial charge in [-0.25, -0.2) is 4.98 Å². The highest BCUT2D eigenvalue weighted by Crippen LogP contribution is 2.28. The van der Waals surface area contributed by atoms with E-state index in [0.717, 1.165) is 34.2 Å². The van der Waals surface area contributed by atoms with E-state index in [1.165, 1.54) is 16.7 Å². The molecule has 136 valence electrons. The molecule has 0 aliphatic heterocycles. The highest BCUT2D eigenvalue weighted by molar-refractivity contribution is 7.98. The van der Waals surface area contributed by atoms with Crippen LogP contribution in [0.4, 0.5) is 0 Å². The Morgan fingerprint density at radius 3 is 2.81 bits per heavy atom. The molecule has 0 aliphatic rings. The van der Waals surface area contributed by atoms with Crippen LogP contribution in [0.25, 0.3) is 11.0 Å². The number of nitrogens with zero attached hydrogens (tertiary/aromatic N) is 3. The monoisotopic (exact) mass is 375 g/mol. The summed E-state index contributed by atoms with van der Waals surface area (Å²) in [5, 5.41) is 1.00. The number of rotatable bonds is 6. The van der Waals surface area contributed by atoms with E-state index in [1.807, 2.05) is 24.4 Å². The van der Waals surface area contributed by atoms with Crippen molar-refractivity contribution in [3.63, 3.8) is 0 Å². The number of benzene rings is 2. The maximum Gasteiger partial charge on any atom is 0.169 e. The van der Waals surface area contributed by atoms with Crippen LogP contribution in [0, 0.1) is 6.92 Å². The SMILES string of the molecule is COc1cccc(CSc2nc3ccncc3n2Cc2ccccc2C)c1. The van der Waals surface area contributed by atoms with Gasteiger partial charge in [0.2, 0.25) is 0 Å². The van der Waals surface area contributed by atoms with E-state index in [2.05, 4.69) is 52.9 Å². The molecule has 4 nitrogen and oxygen atoms in total. The van der Waals surface area contributed by atoms with Gasteiger partial charge in [0.05, 0.1) is 30.9 Å². The Kier molecular flexibility index (Phi) is 5.12. The van der Waals surface area contributed by atoms with Crippen molar-refractivity contribution in [3.8, 4) is 5.75 Å². The number of fused-ring (bicyclic) bond motifs is 1. The van der Waals surface area contributed by atoms with Gasteiger partial charge in [-0.3, -0.25) is 4.98 Å². The van der Waals surface area contributed by atoms with Gasteiger partial charge in [-0.1, -0.05) is 48.2 Å². The van der Waals surface area contributed by atoms with Crippen LogP contribution in [0.2, 0.25) is 0 Å². The van der Waals surface area contributed by atoms with Crippen LogP contribution in [0.1, 0.15) is 16.7 Å². The van der Waals surface area contributed by atoms with E-state index in [0.29, 0.717) is 0 Å². The van der Waals surface area contributed by atoms with Crippen molar-refractivity contribution >= 4 is 22.8 Å². The molecule has 4 aromatic rings. The second kappa shape index (κ2) is 7.84. The molecule has 0 amide bonds. The van der Waals surface area contributed by atoms with Crippen molar-refractivity contribution < 1.29 is 4.74 Å². The Labute approximate surface area is 163 Å². The fourth-order valence-corrected chi connectivity index (χ4v) is 4.04. The molecule has 2 aromatic carbocycles. The van der Waals surface area contributed by atoms with Crippen molar-refractivity contribution in [1.29, 1.82) is 0 Å². The number of imidazole rings is 1. The number of pyridine rings is 1. The number of methoxy groups -OCH3 is 1. The summed E-state index contributed by atoms with van der Waals surface area (Å²) in [7, 11) is 1.70. The summed E-state index contributed by atoms with van der Waals surface area (Å²) in [4.78, 5) is 9.16. The largest absolute Gasteiger partial charge is 0.497 e. The summed E-state index contributed by atoms with van der Waals surface area (Å²) in [6.45, 7) is 2.94. The predicted molar refractivity (Wildman–Crippen MR) is 110 cm³/mol. The second-order valence-corrected chi connectivity index (χ2v) is 7.35. The summed E-state index contributed by atoms with van der Waals surface area (Å²) in [6, 6.07) is 18.6. The van der Waals surface area contributed by atoms with Gasteiger partial charge in [0.1, 0.15) is 5.75 Å². The van der Waals surface area contributed by atoms with Crippen LogP contribution in [0.3, 0.4) is 0 Å². The number of aromatic nitrogens is 3. The highest BCUT2D eigenvalue weighted by atomic mass is 32.2.